The number of hydrogen-bond donors (Lipinski definition) is 3. The van der Waals surface area contributed by atoms with Gasteiger partial charge in [0.25, 0.3) is 0 Å². The van der Waals surface area contributed by atoms with Crippen molar-refractivity contribution in [3.8, 4) is 5.88 Å². The molecule has 3 heterocycles. The number of rotatable bonds is 11. The number of pyridine rings is 1. The number of aromatic nitrogens is 3. The first kappa shape index (κ1) is 36.0. The Morgan fingerprint density at radius 2 is 1.73 bits per heavy atom. The average Bonchev–Trinajstić information content (AvgIpc) is 3.00. The van der Waals surface area contributed by atoms with Crippen molar-refractivity contribution in [1.29, 1.82) is 0 Å². The number of aliphatic carboxylic acids is 1. The number of carboxylic acid groups (broad SMARTS) is 1. The molecule has 4 rings (SSSR count). The Kier molecular flexibility index (Phi) is 10.9. The molecule has 0 saturated carbocycles. The number of nitrogens with one attached hydrogen (secondary N) is 2. The van der Waals surface area contributed by atoms with Crippen LogP contribution in [0.25, 0.3) is 0 Å². The Bertz CT molecular complexity index is 1600. The minimum atomic E-state index is -5.05. The number of methoxy groups -OCH3 is 1. The summed E-state index contributed by atoms with van der Waals surface area (Å²) in [6.07, 6.45) is -9.42. The van der Waals surface area contributed by atoms with Crippen LogP contribution < -0.4 is 20.3 Å². The molecule has 3 aromatic rings. The van der Waals surface area contributed by atoms with Crippen LogP contribution in [-0.4, -0.2) is 57.9 Å². The highest BCUT2D eigenvalue weighted by molar-refractivity contribution is 5.90. The Labute approximate surface area is 271 Å². The Morgan fingerprint density at radius 1 is 1.06 bits per heavy atom. The van der Waals surface area contributed by atoms with Gasteiger partial charge in [-0.2, -0.15) is 26.3 Å². The second kappa shape index (κ2) is 14.5. The van der Waals surface area contributed by atoms with Gasteiger partial charge in [-0.15, -0.1) is 0 Å². The molecule has 0 fully saturated rings. The number of benzene rings is 1. The zero-order valence-electron chi connectivity index (χ0n) is 26.4. The summed E-state index contributed by atoms with van der Waals surface area (Å²) >= 11 is 0. The number of alkyl halides is 6. The molecule has 0 bridgehead atoms. The van der Waals surface area contributed by atoms with Gasteiger partial charge < -0.3 is 25.2 Å². The molecule has 0 saturated heterocycles. The third kappa shape index (κ3) is 8.55. The second-order valence-electron chi connectivity index (χ2n) is 11.1. The number of fused-ring (bicyclic) bond motifs is 1. The van der Waals surface area contributed by atoms with Gasteiger partial charge in [0.2, 0.25) is 11.8 Å². The van der Waals surface area contributed by atoms with Crippen molar-refractivity contribution >= 4 is 29.4 Å². The van der Waals surface area contributed by atoms with E-state index in [9.17, 15) is 41.0 Å². The number of carboxylic acids is 1. The first-order chi connectivity index (χ1) is 22.5. The van der Waals surface area contributed by atoms with Crippen LogP contribution in [0.1, 0.15) is 74.2 Å². The molecule has 260 valence electrons. The molecule has 1 aliphatic rings. The second-order valence-corrected chi connectivity index (χ2v) is 11.1. The van der Waals surface area contributed by atoms with Gasteiger partial charge in [0.05, 0.1) is 66.3 Å². The summed E-state index contributed by atoms with van der Waals surface area (Å²) in [6, 6.07) is 2.83. The summed E-state index contributed by atoms with van der Waals surface area (Å²) in [4.78, 5) is 39.0. The normalized spacial score (nSPS) is 16.9. The van der Waals surface area contributed by atoms with Gasteiger partial charge in [0.15, 0.2) is 0 Å². The number of carbonyl (C=O) groups is 2. The molecule has 1 aliphatic heterocycles. The fourth-order valence-electron chi connectivity index (χ4n) is 5.42. The van der Waals surface area contributed by atoms with Crippen LogP contribution in [0.5, 0.6) is 5.88 Å². The maximum absolute atomic E-state index is 13.6. The maximum Gasteiger partial charge on any atom is 0.416 e. The third-order valence-corrected chi connectivity index (χ3v) is 7.56. The minimum absolute atomic E-state index is 0.00649. The quantitative estimate of drug-likeness (QED) is 0.180. The van der Waals surface area contributed by atoms with E-state index >= 15 is 0 Å². The standard InChI is InChI=1S/C31H34F6N6O5/c1-5-20-14-22(27-24(7-8-25(42-27)47-4)43(20)29(46)48-6-2)41-28-38-15-23(39-16(3)9-26(44)45)21(40-28)12-17-10-18(30(32,33)34)13-19(11-17)31(35,36)37/h7-8,10-11,13,15-16,20,22,39H,5-6,9,12,14H2,1-4H3,(H,44,45)(H,38,40,41)/t16?,20-,22+/m1/s1. The van der Waals surface area contributed by atoms with E-state index in [0.717, 1.165) is 0 Å². The molecular weight excluding hydrogens is 650 g/mol. The Balaban J connectivity index is 1.78. The first-order valence-electron chi connectivity index (χ1n) is 14.9. The van der Waals surface area contributed by atoms with Crippen molar-refractivity contribution in [2.45, 2.75) is 76.9 Å². The zero-order valence-corrected chi connectivity index (χ0v) is 26.4. The summed E-state index contributed by atoms with van der Waals surface area (Å²) in [5, 5.41) is 15.3. The van der Waals surface area contributed by atoms with Crippen molar-refractivity contribution in [3.05, 3.63) is 64.6 Å². The predicted octanol–water partition coefficient (Wildman–Crippen LogP) is 7.08. The van der Waals surface area contributed by atoms with Crippen molar-refractivity contribution in [1.82, 2.24) is 15.0 Å². The van der Waals surface area contributed by atoms with E-state index in [-0.39, 0.29) is 53.9 Å². The van der Waals surface area contributed by atoms with Gasteiger partial charge in [-0.25, -0.2) is 19.7 Å². The number of halogens is 6. The van der Waals surface area contributed by atoms with Crippen LogP contribution in [-0.2, 0) is 28.3 Å². The fourth-order valence-corrected chi connectivity index (χ4v) is 5.42. The first-order valence-corrected chi connectivity index (χ1v) is 14.9. The number of amides is 1. The zero-order chi connectivity index (χ0) is 35.4. The van der Waals surface area contributed by atoms with Gasteiger partial charge in [-0.05, 0) is 56.5 Å². The van der Waals surface area contributed by atoms with E-state index < -0.39 is 54.0 Å². The summed E-state index contributed by atoms with van der Waals surface area (Å²) in [5.41, 5.74) is -2.35. The van der Waals surface area contributed by atoms with E-state index in [2.05, 4.69) is 25.6 Å². The molecule has 0 radical (unpaired) electrons. The molecule has 3 atom stereocenters. The molecule has 3 N–H and O–H groups in total. The summed E-state index contributed by atoms with van der Waals surface area (Å²) in [6.45, 7) is 5.24. The van der Waals surface area contributed by atoms with Crippen LogP contribution in [0, 0.1) is 0 Å². The van der Waals surface area contributed by atoms with Crippen LogP contribution in [0.4, 0.5) is 48.5 Å². The molecule has 11 nitrogen and oxygen atoms in total. The SMILES string of the molecule is CCOC(=O)N1c2ccc(OC)nc2[C@@H](Nc2ncc(NC(C)CC(=O)O)c(Cc3cc(C(F)(F)F)cc(C(F)(F)F)c3)n2)C[C@H]1CC. The van der Waals surface area contributed by atoms with Crippen LogP contribution in [0.2, 0.25) is 0 Å². The number of anilines is 3. The molecule has 17 heteroatoms. The van der Waals surface area contributed by atoms with E-state index in [0.29, 0.717) is 36.4 Å². The largest absolute Gasteiger partial charge is 0.481 e. The molecule has 1 amide bonds. The van der Waals surface area contributed by atoms with Gasteiger partial charge >= 0.3 is 24.4 Å². The van der Waals surface area contributed by atoms with E-state index in [4.69, 9.17) is 9.47 Å². The lowest BCUT2D eigenvalue weighted by molar-refractivity contribution is -0.143. The Hall–Kier alpha value is -4.83. The molecule has 48 heavy (non-hydrogen) atoms. The van der Waals surface area contributed by atoms with Gasteiger partial charge in [0, 0.05) is 24.6 Å². The van der Waals surface area contributed by atoms with Crippen molar-refractivity contribution < 1.29 is 50.5 Å². The van der Waals surface area contributed by atoms with Crippen LogP contribution in [0.3, 0.4) is 0 Å². The third-order valence-electron chi connectivity index (χ3n) is 7.56. The topological polar surface area (TPSA) is 139 Å². The Morgan fingerprint density at radius 3 is 2.29 bits per heavy atom. The van der Waals surface area contributed by atoms with Crippen molar-refractivity contribution in [2.75, 3.05) is 29.3 Å². The highest BCUT2D eigenvalue weighted by Crippen LogP contribution is 2.41. The number of nitrogens with zero attached hydrogens (tertiary/aromatic N) is 4. The monoisotopic (exact) mass is 684 g/mol. The van der Waals surface area contributed by atoms with Crippen LogP contribution >= 0.6 is 0 Å². The predicted molar refractivity (Wildman–Crippen MR) is 162 cm³/mol. The van der Waals surface area contributed by atoms with E-state index in [1.54, 1.807) is 19.1 Å². The van der Waals surface area contributed by atoms with Gasteiger partial charge in [0.1, 0.15) is 0 Å². The lowest BCUT2D eigenvalue weighted by atomic mass is 9.93. The highest BCUT2D eigenvalue weighted by atomic mass is 19.4. The molecule has 2 aromatic heterocycles. The van der Waals surface area contributed by atoms with Crippen molar-refractivity contribution in [3.63, 3.8) is 0 Å². The lowest BCUT2D eigenvalue weighted by Gasteiger charge is -2.39. The maximum atomic E-state index is 13.6. The smallest absolute Gasteiger partial charge is 0.416 e. The van der Waals surface area contributed by atoms with Crippen LogP contribution in [0.15, 0.2) is 36.5 Å². The molecule has 0 aliphatic carbocycles. The fraction of sp³-hybridized carbons (Fsp3) is 0.452. The number of ether oxygens (including phenoxy) is 2. The lowest BCUT2D eigenvalue weighted by Crippen LogP contribution is -2.46. The average molecular weight is 685 g/mol. The van der Waals surface area contributed by atoms with Gasteiger partial charge in [-0.3, -0.25) is 9.69 Å². The highest BCUT2D eigenvalue weighted by Gasteiger charge is 2.39. The minimum Gasteiger partial charge on any atom is -0.481 e. The van der Waals surface area contributed by atoms with Gasteiger partial charge in [-0.1, -0.05) is 6.92 Å². The molecular formula is C31H34F6N6O5. The summed E-state index contributed by atoms with van der Waals surface area (Å²) in [5.74, 6) is -0.924. The molecule has 0 spiro atoms. The van der Waals surface area contributed by atoms with E-state index in [1.165, 1.54) is 25.1 Å². The number of carbonyl (C=O) groups excluding carboxylic acids is 1. The summed E-state index contributed by atoms with van der Waals surface area (Å²) in [7, 11) is 1.42. The molecule has 1 aromatic carbocycles. The van der Waals surface area contributed by atoms with E-state index in [1.807, 2.05) is 6.92 Å². The van der Waals surface area contributed by atoms with Crippen molar-refractivity contribution in [2.24, 2.45) is 0 Å². The number of hydrogen-bond acceptors (Lipinski definition) is 9. The summed E-state index contributed by atoms with van der Waals surface area (Å²) < 4.78 is 92.2. The molecule has 1 unspecified atom stereocenters.